The summed E-state index contributed by atoms with van der Waals surface area (Å²) >= 11 is 0. The van der Waals surface area contributed by atoms with Gasteiger partial charge in [0.05, 0.1) is 34.2 Å². The lowest BCUT2D eigenvalue weighted by Crippen LogP contribution is -2.01. The normalized spacial score (nSPS) is 11.0. The van der Waals surface area contributed by atoms with Crippen LogP contribution in [0.1, 0.15) is 60.9 Å². The van der Waals surface area contributed by atoms with Gasteiger partial charge in [-0.05, 0) is 39.8 Å². The van der Waals surface area contributed by atoms with E-state index in [1.54, 1.807) is 6.20 Å². The summed E-state index contributed by atoms with van der Waals surface area (Å²) in [6.07, 6.45) is 13.1. The molecule has 0 aliphatic carbocycles. The van der Waals surface area contributed by atoms with Crippen molar-refractivity contribution in [3.05, 3.63) is 132 Å². The fourth-order valence-electron chi connectivity index (χ4n) is 5.67. The van der Waals surface area contributed by atoms with E-state index in [0.717, 1.165) is 86.9 Å². The standard InChI is InChI=1S/C19H20N6.C19H18N6.2CH4/c2*1-13-11-20-14(2)19-22-17(23-25(13)19)9-10-18-21-16(12-24(18)3)15-7-5-4-6-8-15;;/h4-8,11-12H,9-10H2,1-3H3;4-12H,1-3H3;2*1H4/b;10-9+;;. The van der Waals surface area contributed by atoms with Gasteiger partial charge in [-0.25, -0.2) is 29.0 Å². The molecule has 0 saturated heterocycles. The quantitative estimate of drug-likeness (QED) is 0.168. The topological polar surface area (TPSA) is 122 Å². The van der Waals surface area contributed by atoms with Gasteiger partial charge < -0.3 is 9.13 Å². The number of aromatic nitrogens is 12. The Bertz CT molecular complexity index is 2370. The Morgan fingerprint density at radius 1 is 0.577 bits per heavy atom. The molecule has 0 spiro atoms. The highest BCUT2D eigenvalue weighted by Crippen LogP contribution is 2.20. The fourth-order valence-corrected chi connectivity index (χ4v) is 5.67. The van der Waals surface area contributed by atoms with E-state index < -0.39 is 0 Å². The van der Waals surface area contributed by atoms with E-state index in [4.69, 9.17) is 4.98 Å². The van der Waals surface area contributed by atoms with Gasteiger partial charge in [-0.15, -0.1) is 5.10 Å². The lowest BCUT2D eigenvalue weighted by molar-refractivity contribution is 0.742. The Kier molecular flexibility index (Phi) is 11.2. The first-order valence-corrected chi connectivity index (χ1v) is 16.4. The highest BCUT2D eigenvalue weighted by atomic mass is 15.3. The number of hydrogen-bond donors (Lipinski definition) is 0. The molecule has 0 radical (unpaired) electrons. The summed E-state index contributed by atoms with van der Waals surface area (Å²) < 4.78 is 7.75. The van der Waals surface area contributed by atoms with E-state index in [9.17, 15) is 0 Å². The summed E-state index contributed by atoms with van der Waals surface area (Å²) in [5.74, 6) is 3.35. The van der Waals surface area contributed by atoms with Crippen molar-refractivity contribution in [3.8, 4) is 22.5 Å². The predicted octanol–water partition coefficient (Wildman–Crippen LogP) is 7.51. The van der Waals surface area contributed by atoms with Crippen LogP contribution >= 0.6 is 0 Å². The van der Waals surface area contributed by atoms with E-state index in [0.29, 0.717) is 5.82 Å². The summed E-state index contributed by atoms with van der Waals surface area (Å²) in [4.78, 5) is 27.3. The molecule has 0 amide bonds. The molecule has 8 rings (SSSR count). The smallest absolute Gasteiger partial charge is 0.177 e. The molecular weight excluding hydrogens is 649 g/mol. The van der Waals surface area contributed by atoms with Gasteiger partial charge in [0.1, 0.15) is 11.6 Å². The maximum atomic E-state index is 4.77. The van der Waals surface area contributed by atoms with E-state index in [1.807, 2.05) is 116 Å². The van der Waals surface area contributed by atoms with Crippen LogP contribution < -0.4 is 0 Å². The summed E-state index contributed by atoms with van der Waals surface area (Å²) in [6.45, 7) is 7.84. The van der Waals surface area contributed by atoms with Crippen molar-refractivity contribution in [2.75, 3.05) is 0 Å². The van der Waals surface area contributed by atoms with Crippen molar-refractivity contribution in [1.29, 1.82) is 0 Å². The van der Waals surface area contributed by atoms with Crippen molar-refractivity contribution < 1.29 is 0 Å². The molecular formula is C40H46N12. The number of benzene rings is 2. The zero-order valence-corrected chi connectivity index (χ0v) is 29.0. The second-order valence-electron chi connectivity index (χ2n) is 12.3. The van der Waals surface area contributed by atoms with Gasteiger partial charge >= 0.3 is 0 Å². The molecule has 0 unspecified atom stereocenters. The number of aryl methyl sites for hydroxylation is 8. The van der Waals surface area contributed by atoms with E-state index in [1.165, 1.54) is 0 Å². The Balaban J connectivity index is 0.000000194. The molecule has 0 atom stereocenters. The number of nitrogens with zero attached hydrogens (tertiary/aromatic N) is 12. The first-order valence-electron chi connectivity index (χ1n) is 16.4. The molecule has 8 aromatic rings. The molecule has 2 aromatic carbocycles. The second kappa shape index (κ2) is 15.7. The minimum Gasteiger partial charge on any atom is -0.337 e. The summed E-state index contributed by atoms with van der Waals surface area (Å²) in [5, 5.41) is 9.14. The third-order valence-electron chi connectivity index (χ3n) is 8.46. The van der Waals surface area contributed by atoms with Crippen LogP contribution in [0.5, 0.6) is 0 Å². The zero-order chi connectivity index (χ0) is 34.8. The molecule has 0 saturated carbocycles. The van der Waals surface area contributed by atoms with Gasteiger partial charge in [0.2, 0.25) is 0 Å². The predicted molar refractivity (Wildman–Crippen MR) is 208 cm³/mol. The lowest BCUT2D eigenvalue weighted by atomic mass is 10.2. The number of imidazole rings is 2. The van der Waals surface area contributed by atoms with Crippen LogP contribution in [0.4, 0.5) is 0 Å². The number of hydrogen-bond acceptors (Lipinski definition) is 8. The highest BCUT2D eigenvalue weighted by molar-refractivity contribution is 5.67. The van der Waals surface area contributed by atoms with E-state index in [-0.39, 0.29) is 14.9 Å². The Hall–Kier alpha value is -6.30. The van der Waals surface area contributed by atoms with Crippen LogP contribution in [0, 0.1) is 27.7 Å². The SMILES string of the molecule is C.C.Cc1ncc(C)n2nc(/C=C/c3nc(-c4ccccc4)cn3C)nc12.Cc1ncc(C)n2nc(CCc3nc(-c4ccccc4)cn3C)nc12. The average molecular weight is 695 g/mol. The first-order chi connectivity index (χ1) is 24.2. The average Bonchev–Trinajstić information content (AvgIpc) is 3.93. The van der Waals surface area contributed by atoms with Gasteiger partial charge in [0, 0.05) is 62.9 Å². The Labute approximate surface area is 304 Å². The van der Waals surface area contributed by atoms with E-state index in [2.05, 4.69) is 70.1 Å². The largest absolute Gasteiger partial charge is 0.337 e. The molecule has 12 nitrogen and oxygen atoms in total. The van der Waals surface area contributed by atoms with Crippen molar-refractivity contribution in [2.45, 2.75) is 55.4 Å². The van der Waals surface area contributed by atoms with Crippen molar-refractivity contribution in [3.63, 3.8) is 0 Å². The van der Waals surface area contributed by atoms with Crippen molar-refractivity contribution >= 4 is 23.4 Å². The molecule has 52 heavy (non-hydrogen) atoms. The van der Waals surface area contributed by atoms with Gasteiger partial charge in [-0.3, -0.25) is 9.97 Å². The number of rotatable bonds is 7. The second-order valence-corrected chi connectivity index (χ2v) is 12.3. The Morgan fingerprint density at radius 3 is 1.69 bits per heavy atom. The fraction of sp³-hybridized carbons (Fsp3) is 0.250. The molecule has 0 aliphatic heterocycles. The monoisotopic (exact) mass is 694 g/mol. The zero-order valence-electron chi connectivity index (χ0n) is 29.0. The Morgan fingerprint density at radius 2 is 1.12 bits per heavy atom. The van der Waals surface area contributed by atoms with E-state index >= 15 is 0 Å². The first kappa shape index (κ1) is 37.0. The maximum absolute atomic E-state index is 4.77. The molecule has 0 fully saturated rings. The van der Waals surface area contributed by atoms with Gasteiger partial charge in [-0.1, -0.05) is 75.5 Å². The van der Waals surface area contributed by atoms with Crippen LogP contribution in [0.25, 0.3) is 46.0 Å². The molecule has 0 N–H and O–H groups in total. The van der Waals surface area contributed by atoms with Gasteiger partial charge in [0.15, 0.2) is 22.9 Å². The van der Waals surface area contributed by atoms with Crippen LogP contribution in [-0.2, 0) is 26.9 Å². The van der Waals surface area contributed by atoms with Crippen molar-refractivity contribution in [2.24, 2.45) is 14.1 Å². The number of fused-ring (bicyclic) bond motifs is 2. The van der Waals surface area contributed by atoms with Gasteiger partial charge in [0.25, 0.3) is 0 Å². The molecule has 12 heteroatoms. The van der Waals surface area contributed by atoms with Crippen molar-refractivity contribution in [1.82, 2.24) is 58.3 Å². The lowest BCUT2D eigenvalue weighted by Gasteiger charge is -1.98. The minimum atomic E-state index is 0. The highest BCUT2D eigenvalue weighted by Gasteiger charge is 2.12. The van der Waals surface area contributed by atoms with Crippen LogP contribution in [-0.4, -0.2) is 58.3 Å². The minimum absolute atomic E-state index is 0. The maximum Gasteiger partial charge on any atom is 0.177 e. The third kappa shape index (κ3) is 7.70. The van der Waals surface area contributed by atoms with Crippen LogP contribution in [0.3, 0.4) is 0 Å². The van der Waals surface area contributed by atoms with Crippen LogP contribution in [0.15, 0.2) is 85.5 Å². The molecule has 6 aromatic heterocycles. The van der Waals surface area contributed by atoms with Gasteiger partial charge in [-0.2, -0.15) is 5.10 Å². The van der Waals surface area contributed by atoms with Crippen LogP contribution in [0.2, 0.25) is 0 Å². The molecule has 0 bridgehead atoms. The molecule has 6 heterocycles. The summed E-state index contributed by atoms with van der Waals surface area (Å²) in [6, 6.07) is 20.4. The summed E-state index contributed by atoms with van der Waals surface area (Å²) in [7, 11) is 4.01. The third-order valence-corrected chi connectivity index (χ3v) is 8.46. The molecule has 0 aliphatic rings. The summed E-state index contributed by atoms with van der Waals surface area (Å²) in [5.41, 5.74) is 9.49. The molecule has 266 valence electrons.